The zero-order valence-electron chi connectivity index (χ0n) is 9.21. The second kappa shape index (κ2) is 4.62. The summed E-state index contributed by atoms with van der Waals surface area (Å²) in [5, 5.41) is 6.68. The first-order valence-electron chi connectivity index (χ1n) is 4.92. The Morgan fingerprint density at radius 1 is 1.41 bits per heavy atom. The minimum atomic E-state index is -0.243. The van der Waals surface area contributed by atoms with Gasteiger partial charge < -0.3 is 10.7 Å². The second-order valence-electron chi connectivity index (χ2n) is 3.37. The maximum atomic E-state index is 11.9. The molecular formula is C10H12N6O. The van der Waals surface area contributed by atoms with Gasteiger partial charge in [0.05, 0.1) is 6.20 Å². The molecule has 0 unspecified atom stereocenters. The van der Waals surface area contributed by atoms with Crippen molar-refractivity contribution in [3.8, 4) is 0 Å². The number of nitrogens with zero attached hydrogens (tertiary/aromatic N) is 3. The molecule has 0 spiro atoms. The van der Waals surface area contributed by atoms with Gasteiger partial charge in [0.15, 0.2) is 0 Å². The monoisotopic (exact) mass is 232 g/mol. The molecule has 1 amide bonds. The fourth-order valence-electron chi connectivity index (χ4n) is 1.34. The number of hydrogen-bond acceptors (Lipinski definition) is 5. The van der Waals surface area contributed by atoms with Gasteiger partial charge in [0, 0.05) is 24.9 Å². The zero-order chi connectivity index (χ0) is 12.3. The summed E-state index contributed by atoms with van der Waals surface area (Å²) in [7, 11) is 1.75. The SMILES string of the molecule is Cn1nccc1NC(=O)c1ccnc(NN)c1. The third-order valence-corrected chi connectivity index (χ3v) is 2.23. The highest BCUT2D eigenvalue weighted by Gasteiger charge is 2.08. The molecule has 0 aliphatic carbocycles. The number of hydrogen-bond donors (Lipinski definition) is 3. The number of rotatable bonds is 3. The largest absolute Gasteiger partial charge is 0.308 e. The summed E-state index contributed by atoms with van der Waals surface area (Å²) in [5.74, 6) is 6.03. The number of aromatic nitrogens is 3. The molecule has 17 heavy (non-hydrogen) atoms. The lowest BCUT2D eigenvalue weighted by molar-refractivity contribution is 0.102. The number of anilines is 2. The molecule has 88 valence electrons. The number of nitrogen functional groups attached to an aromatic ring is 1. The molecule has 0 aliphatic rings. The van der Waals surface area contributed by atoms with Gasteiger partial charge in [-0.25, -0.2) is 10.8 Å². The lowest BCUT2D eigenvalue weighted by Crippen LogP contribution is -2.16. The van der Waals surface area contributed by atoms with Gasteiger partial charge in [0.1, 0.15) is 11.6 Å². The van der Waals surface area contributed by atoms with Crippen molar-refractivity contribution in [1.29, 1.82) is 0 Å². The third kappa shape index (κ3) is 2.40. The molecule has 0 saturated heterocycles. The maximum absolute atomic E-state index is 11.9. The minimum Gasteiger partial charge on any atom is -0.308 e. The van der Waals surface area contributed by atoms with Crippen LogP contribution in [-0.4, -0.2) is 20.7 Å². The predicted octanol–water partition coefficient (Wildman–Crippen LogP) is 0.353. The second-order valence-corrected chi connectivity index (χ2v) is 3.37. The summed E-state index contributed by atoms with van der Waals surface area (Å²) in [6.07, 6.45) is 3.11. The smallest absolute Gasteiger partial charge is 0.256 e. The topological polar surface area (TPSA) is 97.9 Å². The van der Waals surface area contributed by atoms with Crippen LogP contribution in [0.3, 0.4) is 0 Å². The van der Waals surface area contributed by atoms with E-state index in [1.807, 2.05) is 0 Å². The van der Waals surface area contributed by atoms with Gasteiger partial charge in [-0.3, -0.25) is 9.48 Å². The average Bonchev–Trinajstić information content (AvgIpc) is 2.75. The first-order valence-corrected chi connectivity index (χ1v) is 4.92. The maximum Gasteiger partial charge on any atom is 0.256 e. The van der Waals surface area contributed by atoms with Crippen LogP contribution in [0.4, 0.5) is 11.6 Å². The molecular weight excluding hydrogens is 220 g/mol. The van der Waals surface area contributed by atoms with Gasteiger partial charge >= 0.3 is 0 Å². The summed E-state index contributed by atoms with van der Waals surface area (Å²) in [5.41, 5.74) is 2.85. The van der Waals surface area contributed by atoms with Crippen molar-refractivity contribution in [3.63, 3.8) is 0 Å². The van der Waals surface area contributed by atoms with Crippen LogP contribution in [0.1, 0.15) is 10.4 Å². The Hall–Kier alpha value is -2.41. The quantitative estimate of drug-likeness (QED) is 0.524. The van der Waals surface area contributed by atoms with Crippen LogP contribution in [0, 0.1) is 0 Å². The number of amides is 1. The number of nitrogens with one attached hydrogen (secondary N) is 2. The first kappa shape index (κ1) is 11.1. The fraction of sp³-hybridized carbons (Fsp3) is 0.100. The molecule has 0 fully saturated rings. The van der Waals surface area contributed by atoms with E-state index in [1.54, 1.807) is 36.1 Å². The van der Waals surface area contributed by atoms with E-state index in [9.17, 15) is 4.79 Å². The van der Waals surface area contributed by atoms with Crippen LogP contribution in [0.15, 0.2) is 30.6 Å². The van der Waals surface area contributed by atoms with Crippen molar-refractivity contribution in [2.24, 2.45) is 12.9 Å². The first-order chi connectivity index (χ1) is 8.20. The van der Waals surface area contributed by atoms with Crippen molar-refractivity contribution in [3.05, 3.63) is 36.2 Å². The fourth-order valence-corrected chi connectivity index (χ4v) is 1.34. The van der Waals surface area contributed by atoms with Crippen molar-refractivity contribution < 1.29 is 4.79 Å². The molecule has 7 heteroatoms. The minimum absolute atomic E-state index is 0.243. The van der Waals surface area contributed by atoms with Crippen LogP contribution < -0.4 is 16.6 Å². The van der Waals surface area contributed by atoms with Crippen LogP contribution in [-0.2, 0) is 7.05 Å². The number of nitrogens with two attached hydrogens (primary N) is 1. The van der Waals surface area contributed by atoms with E-state index in [2.05, 4.69) is 20.8 Å². The zero-order valence-corrected chi connectivity index (χ0v) is 9.21. The highest BCUT2D eigenvalue weighted by molar-refractivity contribution is 6.04. The molecule has 2 aromatic rings. The summed E-state index contributed by atoms with van der Waals surface area (Å²) < 4.78 is 1.57. The Bertz CT molecular complexity index is 535. The molecule has 0 bridgehead atoms. The van der Waals surface area contributed by atoms with Crippen LogP contribution in [0.5, 0.6) is 0 Å². The van der Waals surface area contributed by atoms with Gasteiger partial charge in [-0.1, -0.05) is 0 Å². The number of carbonyl (C=O) groups is 1. The van der Waals surface area contributed by atoms with Crippen molar-refractivity contribution in [1.82, 2.24) is 14.8 Å². The standard InChI is InChI=1S/C10H12N6O/c1-16-9(3-5-13-16)14-10(17)7-2-4-12-8(6-7)15-11/h2-6H,11H2,1H3,(H,12,15)(H,14,17). The molecule has 2 heterocycles. The molecule has 0 saturated carbocycles. The molecule has 0 radical (unpaired) electrons. The van der Waals surface area contributed by atoms with Crippen LogP contribution >= 0.6 is 0 Å². The van der Waals surface area contributed by atoms with Crippen LogP contribution in [0.25, 0.3) is 0 Å². The van der Waals surface area contributed by atoms with Gasteiger partial charge in [0.25, 0.3) is 5.91 Å². The summed E-state index contributed by atoms with van der Waals surface area (Å²) >= 11 is 0. The molecule has 4 N–H and O–H groups in total. The molecule has 0 atom stereocenters. The average molecular weight is 232 g/mol. The van der Waals surface area contributed by atoms with E-state index in [0.717, 1.165) is 0 Å². The van der Waals surface area contributed by atoms with Crippen molar-refractivity contribution in [2.45, 2.75) is 0 Å². The Kier molecular flexibility index (Phi) is 3.01. The summed E-state index contributed by atoms with van der Waals surface area (Å²) in [6, 6.07) is 4.87. The van der Waals surface area contributed by atoms with E-state index < -0.39 is 0 Å². The van der Waals surface area contributed by atoms with Gasteiger partial charge in [-0.2, -0.15) is 5.10 Å². The molecule has 0 aromatic carbocycles. The molecule has 2 rings (SSSR count). The Balaban J connectivity index is 2.17. The highest BCUT2D eigenvalue weighted by atomic mass is 16.1. The Labute approximate surface area is 97.6 Å². The summed E-state index contributed by atoms with van der Waals surface area (Å²) in [6.45, 7) is 0. The summed E-state index contributed by atoms with van der Waals surface area (Å²) in [4.78, 5) is 15.8. The normalized spacial score (nSPS) is 10.0. The number of pyridine rings is 1. The van der Waals surface area contributed by atoms with Crippen molar-refractivity contribution >= 4 is 17.5 Å². The van der Waals surface area contributed by atoms with E-state index in [0.29, 0.717) is 17.2 Å². The predicted molar refractivity (Wildman–Crippen MR) is 63.2 cm³/mol. The van der Waals surface area contributed by atoms with E-state index in [1.165, 1.54) is 6.20 Å². The highest BCUT2D eigenvalue weighted by Crippen LogP contribution is 2.09. The lowest BCUT2D eigenvalue weighted by Gasteiger charge is -2.06. The molecule has 2 aromatic heterocycles. The Morgan fingerprint density at radius 3 is 2.88 bits per heavy atom. The van der Waals surface area contributed by atoms with Gasteiger partial charge in [-0.15, -0.1) is 0 Å². The lowest BCUT2D eigenvalue weighted by atomic mass is 10.2. The van der Waals surface area contributed by atoms with Gasteiger partial charge in [0.2, 0.25) is 0 Å². The van der Waals surface area contributed by atoms with E-state index in [4.69, 9.17) is 5.84 Å². The van der Waals surface area contributed by atoms with E-state index >= 15 is 0 Å². The van der Waals surface area contributed by atoms with Crippen LogP contribution in [0.2, 0.25) is 0 Å². The number of aryl methyl sites for hydroxylation is 1. The van der Waals surface area contributed by atoms with E-state index in [-0.39, 0.29) is 5.91 Å². The Morgan fingerprint density at radius 2 is 2.24 bits per heavy atom. The molecule has 0 aliphatic heterocycles. The van der Waals surface area contributed by atoms with Crippen molar-refractivity contribution in [2.75, 3.05) is 10.7 Å². The third-order valence-electron chi connectivity index (χ3n) is 2.23. The number of carbonyl (C=O) groups excluding carboxylic acids is 1. The number of hydrazine groups is 1. The van der Waals surface area contributed by atoms with Gasteiger partial charge in [-0.05, 0) is 12.1 Å². The molecule has 7 nitrogen and oxygen atoms in total.